The van der Waals surface area contributed by atoms with E-state index in [1.54, 1.807) is 7.05 Å². The van der Waals surface area contributed by atoms with Gasteiger partial charge in [-0.1, -0.05) is 24.3 Å². The smallest absolute Gasteiger partial charge is 0.304 e. The highest BCUT2D eigenvalue weighted by Gasteiger charge is 2.47. The lowest BCUT2D eigenvalue weighted by Gasteiger charge is -2.30. The van der Waals surface area contributed by atoms with Gasteiger partial charge in [-0.25, -0.2) is 4.98 Å². The number of hydrogen-bond acceptors (Lipinski definition) is 6. The Hall–Kier alpha value is -3.04. The van der Waals surface area contributed by atoms with Crippen LogP contribution in [0.1, 0.15) is 36.4 Å². The van der Waals surface area contributed by atoms with E-state index < -0.39 is 11.4 Å². The summed E-state index contributed by atoms with van der Waals surface area (Å²) in [4.78, 5) is 34.0. The average molecular weight is 480 g/mol. The lowest BCUT2D eigenvalue weighted by molar-refractivity contribution is -0.144. The van der Waals surface area contributed by atoms with Crippen molar-refractivity contribution in [2.45, 2.75) is 38.1 Å². The van der Waals surface area contributed by atoms with Crippen molar-refractivity contribution < 1.29 is 14.7 Å². The van der Waals surface area contributed by atoms with Crippen LogP contribution in [0.25, 0.3) is 11.3 Å². The fourth-order valence-corrected chi connectivity index (χ4v) is 6.06. The predicted molar refractivity (Wildman–Crippen MR) is 131 cm³/mol. The van der Waals surface area contributed by atoms with E-state index in [2.05, 4.69) is 17.0 Å². The quantitative estimate of drug-likeness (QED) is 0.582. The third kappa shape index (κ3) is 4.25. The molecule has 0 radical (unpaired) electrons. The van der Waals surface area contributed by atoms with E-state index in [9.17, 15) is 14.7 Å². The van der Waals surface area contributed by atoms with Crippen molar-refractivity contribution >= 4 is 28.3 Å². The number of thiazole rings is 1. The maximum atomic E-state index is 13.7. The predicted octanol–water partition coefficient (Wildman–Crippen LogP) is 3.50. The topological polar surface area (TPSA) is 91.6 Å². The summed E-state index contributed by atoms with van der Waals surface area (Å²) < 4.78 is 2.04. The van der Waals surface area contributed by atoms with Gasteiger partial charge < -0.3 is 10.0 Å². The van der Waals surface area contributed by atoms with Gasteiger partial charge in [-0.15, -0.1) is 11.3 Å². The third-order valence-electron chi connectivity index (χ3n) is 7.16. The van der Waals surface area contributed by atoms with Gasteiger partial charge in [0.25, 0.3) is 0 Å². The van der Waals surface area contributed by atoms with Crippen LogP contribution in [0.3, 0.4) is 0 Å². The van der Waals surface area contributed by atoms with Crippen LogP contribution in [-0.2, 0) is 22.4 Å². The number of carbonyl (C=O) groups excluding carboxylic acids is 1. The van der Waals surface area contributed by atoms with Crippen molar-refractivity contribution in [2.75, 3.05) is 32.1 Å². The minimum absolute atomic E-state index is 0.200. The van der Waals surface area contributed by atoms with Gasteiger partial charge in [-0.2, -0.15) is 5.10 Å². The Morgan fingerprint density at radius 2 is 1.88 bits per heavy atom. The summed E-state index contributed by atoms with van der Waals surface area (Å²) in [5, 5.41) is 16.7. The van der Waals surface area contributed by atoms with E-state index in [1.807, 2.05) is 46.7 Å². The van der Waals surface area contributed by atoms with Crippen molar-refractivity contribution in [3.63, 3.8) is 0 Å². The summed E-state index contributed by atoms with van der Waals surface area (Å²) in [6.45, 7) is 2.13. The van der Waals surface area contributed by atoms with E-state index in [0.29, 0.717) is 24.0 Å². The number of aliphatic carboxylic acids is 1. The fraction of sp³-hybridized carbons (Fsp3) is 0.440. The molecule has 1 fully saturated rings. The number of fused-ring (bicyclic) bond motifs is 1. The van der Waals surface area contributed by atoms with Crippen molar-refractivity contribution in [1.29, 1.82) is 0 Å². The first-order chi connectivity index (χ1) is 16.3. The Morgan fingerprint density at radius 1 is 1.21 bits per heavy atom. The molecule has 1 aromatic carbocycles. The van der Waals surface area contributed by atoms with E-state index in [0.717, 1.165) is 48.3 Å². The molecule has 1 aliphatic carbocycles. The SMILES string of the molecule is CN1CCC(n2cc(-c3csc(N(C)C(=O)C4(CC(=O)O)Cc5ccccc5C4)n3)cn2)CC1. The second-order valence-corrected chi connectivity index (χ2v) is 10.4. The molecule has 1 aliphatic heterocycles. The average Bonchev–Trinajstić information content (AvgIpc) is 3.56. The van der Waals surface area contributed by atoms with Crippen molar-refractivity contribution in [3.8, 4) is 11.3 Å². The zero-order valence-corrected chi connectivity index (χ0v) is 20.3. The van der Waals surface area contributed by atoms with Crippen molar-refractivity contribution in [1.82, 2.24) is 19.7 Å². The molecule has 1 amide bonds. The molecule has 8 nitrogen and oxygen atoms in total. The molecule has 3 aromatic rings. The Balaban J connectivity index is 1.35. The van der Waals surface area contributed by atoms with E-state index in [4.69, 9.17) is 4.98 Å². The summed E-state index contributed by atoms with van der Waals surface area (Å²) in [6, 6.07) is 8.23. The summed E-state index contributed by atoms with van der Waals surface area (Å²) in [6.07, 6.45) is 6.68. The molecule has 1 N–H and O–H groups in total. The van der Waals surface area contributed by atoms with Crippen LogP contribution >= 0.6 is 11.3 Å². The monoisotopic (exact) mass is 479 g/mol. The van der Waals surface area contributed by atoms with Gasteiger partial charge in [0.1, 0.15) is 0 Å². The normalized spacial score (nSPS) is 18.1. The van der Waals surface area contributed by atoms with Crippen LogP contribution in [0.15, 0.2) is 42.0 Å². The number of anilines is 1. The van der Waals surface area contributed by atoms with Gasteiger partial charge in [-0.3, -0.25) is 19.2 Å². The van der Waals surface area contributed by atoms with Crippen molar-refractivity contribution in [3.05, 3.63) is 53.2 Å². The molecule has 2 aromatic heterocycles. The van der Waals surface area contributed by atoms with Crippen LogP contribution < -0.4 is 4.90 Å². The molecular formula is C25H29N5O3S. The largest absolute Gasteiger partial charge is 0.481 e. The van der Waals surface area contributed by atoms with Gasteiger partial charge >= 0.3 is 5.97 Å². The number of rotatable bonds is 6. The maximum Gasteiger partial charge on any atom is 0.304 e. The molecule has 0 spiro atoms. The van der Waals surface area contributed by atoms with Crippen LogP contribution in [0.2, 0.25) is 0 Å². The number of aromatic nitrogens is 3. The second-order valence-electron chi connectivity index (χ2n) is 9.60. The third-order valence-corrected chi connectivity index (χ3v) is 8.08. The standard InChI is InChI=1S/C25H29N5O3S/c1-28-9-7-20(8-10-28)30-15-19(14-26-30)21-16-34-24(27-21)29(2)23(33)25(13-22(31)32)11-17-5-3-4-6-18(17)12-25/h3-6,14-16,20H,7-13H2,1-2H3,(H,31,32). The number of carbonyl (C=O) groups is 2. The van der Waals surface area contributed by atoms with E-state index in [1.165, 1.54) is 16.2 Å². The molecule has 0 bridgehead atoms. The first-order valence-corrected chi connectivity index (χ1v) is 12.5. The molecule has 0 saturated carbocycles. The van der Waals surface area contributed by atoms with Crippen LogP contribution in [-0.4, -0.2) is 63.8 Å². The molecule has 178 valence electrons. The molecule has 3 heterocycles. The number of likely N-dealkylation sites (tertiary alicyclic amines) is 1. The molecule has 34 heavy (non-hydrogen) atoms. The first-order valence-electron chi connectivity index (χ1n) is 11.6. The van der Waals surface area contributed by atoms with E-state index in [-0.39, 0.29) is 12.3 Å². The summed E-state index contributed by atoms with van der Waals surface area (Å²) in [5.74, 6) is -1.16. The summed E-state index contributed by atoms with van der Waals surface area (Å²) >= 11 is 1.39. The Morgan fingerprint density at radius 3 is 2.53 bits per heavy atom. The van der Waals surface area contributed by atoms with Crippen LogP contribution in [0.4, 0.5) is 5.13 Å². The minimum atomic E-state index is -0.991. The van der Waals surface area contributed by atoms with Crippen LogP contribution in [0, 0.1) is 5.41 Å². The molecular weight excluding hydrogens is 450 g/mol. The molecule has 5 rings (SSSR count). The second kappa shape index (κ2) is 8.96. The van der Waals surface area contributed by atoms with Gasteiger partial charge in [0.2, 0.25) is 5.91 Å². The minimum Gasteiger partial charge on any atom is -0.481 e. The Labute approximate surface area is 202 Å². The highest BCUT2D eigenvalue weighted by Crippen LogP contribution is 2.42. The number of carboxylic acids is 1. The Kier molecular flexibility index (Phi) is 5.99. The molecule has 9 heteroatoms. The first kappa shape index (κ1) is 22.7. The zero-order valence-electron chi connectivity index (χ0n) is 19.5. The Bertz CT molecular complexity index is 1190. The number of carboxylic acid groups (broad SMARTS) is 1. The summed E-state index contributed by atoms with van der Waals surface area (Å²) in [7, 11) is 3.84. The van der Waals surface area contributed by atoms with E-state index >= 15 is 0 Å². The molecule has 0 atom stereocenters. The zero-order chi connectivity index (χ0) is 23.9. The number of piperidine rings is 1. The lowest BCUT2D eigenvalue weighted by atomic mass is 9.80. The number of nitrogens with zero attached hydrogens (tertiary/aromatic N) is 5. The van der Waals surface area contributed by atoms with Crippen LogP contribution in [0.5, 0.6) is 0 Å². The molecule has 0 unspecified atom stereocenters. The van der Waals surface area contributed by atoms with Gasteiger partial charge in [0, 0.05) is 24.2 Å². The highest BCUT2D eigenvalue weighted by molar-refractivity contribution is 7.14. The molecule has 2 aliphatic rings. The lowest BCUT2D eigenvalue weighted by Crippen LogP contribution is -2.44. The van der Waals surface area contributed by atoms with Gasteiger partial charge in [-0.05, 0) is 56.9 Å². The van der Waals surface area contributed by atoms with Gasteiger partial charge in [0.05, 0.1) is 29.8 Å². The molecule has 1 saturated heterocycles. The maximum absolute atomic E-state index is 13.7. The highest BCUT2D eigenvalue weighted by atomic mass is 32.1. The fourth-order valence-electron chi connectivity index (χ4n) is 5.26. The van der Waals surface area contributed by atoms with Gasteiger partial charge in [0.15, 0.2) is 5.13 Å². The number of amides is 1. The number of hydrogen-bond donors (Lipinski definition) is 1. The summed E-state index contributed by atoms with van der Waals surface area (Å²) in [5.41, 5.74) is 2.81. The van der Waals surface area contributed by atoms with Crippen molar-refractivity contribution in [2.24, 2.45) is 5.41 Å². The number of benzene rings is 1.